The number of anilines is 1. The molecule has 0 bridgehead atoms. The van der Waals surface area contributed by atoms with Gasteiger partial charge in [-0.3, -0.25) is 0 Å². The van der Waals surface area contributed by atoms with Crippen LogP contribution in [0.3, 0.4) is 0 Å². The van der Waals surface area contributed by atoms with Gasteiger partial charge in [0.2, 0.25) is 0 Å². The highest BCUT2D eigenvalue weighted by Crippen LogP contribution is 2.23. The fourth-order valence-corrected chi connectivity index (χ4v) is 2.29. The molecule has 0 amide bonds. The highest BCUT2D eigenvalue weighted by atomic mass is 19.1. The summed E-state index contributed by atoms with van der Waals surface area (Å²) in [5.74, 6) is -0.204. The number of benzene rings is 3. The van der Waals surface area contributed by atoms with Crippen molar-refractivity contribution in [1.82, 2.24) is 5.43 Å². The average Bonchev–Trinajstić information content (AvgIpc) is 2.57. The maximum atomic E-state index is 14.2. The van der Waals surface area contributed by atoms with Gasteiger partial charge in [-0.25, -0.2) is 9.82 Å². The van der Waals surface area contributed by atoms with Crippen LogP contribution < -0.4 is 10.9 Å². The number of hydrogen-bond acceptors (Lipinski definition) is 2. The summed E-state index contributed by atoms with van der Waals surface area (Å²) in [5, 5.41) is 0. The summed E-state index contributed by atoms with van der Waals surface area (Å²) in [6.45, 7) is 0.543. The van der Waals surface area contributed by atoms with Crippen molar-refractivity contribution in [2.45, 2.75) is 6.54 Å². The second kappa shape index (κ2) is 6.87. The Morgan fingerprint density at radius 2 is 1.45 bits per heavy atom. The zero-order chi connectivity index (χ0) is 15.2. The van der Waals surface area contributed by atoms with Crippen molar-refractivity contribution in [3.8, 4) is 11.1 Å². The molecule has 0 atom stereocenters. The van der Waals surface area contributed by atoms with E-state index in [1.54, 1.807) is 6.07 Å². The third kappa shape index (κ3) is 3.51. The molecule has 0 fully saturated rings. The van der Waals surface area contributed by atoms with Crippen molar-refractivity contribution in [2.24, 2.45) is 0 Å². The van der Waals surface area contributed by atoms with Gasteiger partial charge < -0.3 is 5.43 Å². The lowest BCUT2D eigenvalue weighted by Crippen LogP contribution is -2.20. The van der Waals surface area contributed by atoms with Gasteiger partial charge in [-0.2, -0.15) is 0 Å². The minimum atomic E-state index is -0.204. The number of hydrazine groups is 1. The number of rotatable bonds is 5. The van der Waals surface area contributed by atoms with Gasteiger partial charge in [-0.05, 0) is 29.3 Å². The quantitative estimate of drug-likeness (QED) is 0.671. The molecule has 0 spiro atoms. The smallest absolute Gasteiger partial charge is 0.131 e. The molecule has 3 heteroatoms. The molecular formula is C19H17FN2. The van der Waals surface area contributed by atoms with E-state index < -0.39 is 0 Å². The van der Waals surface area contributed by atoms with Gasteiger partial charge in [0.25, 0.3) is 0 Å². The van der Waals surface area contributed by atoms with Gasteiger partial charge in [-0.1, -0.05) is 60.7 Å². The van der Waals surface area contributed by atoms with E-state index in [1.807, 2.05) is 72.8 Å². The van der Waals surface area contributed by atoms with Gasteiger partial charge in [0, 0.05) is 17.8 Å². The Labute approximate surface area is 129 Å². The highest BCUT2D eigenvalue weighted by Gasteiger charge is 2.05. The van der Waals surface area contributed by atoms with Crippen LogP contribution in [0.1, 0.15) is 5.56 Å². The van der Waals surface area contributed by atoms with Crippen LogP contribution >= 0.6 is 0 Å². The molecule has 3 aromatic rings. The molecule has 0 heterocycles. The molecule has 0 aliphatic heterocycles. The van der Waals surface area contributed by atoms with Crippen molar-refractivity contribution in [3.05, 3.63) is 90.2 Å². The second-order valence-electron chi connectivity index (χ2n) is 5.02. The van der Waals surface area contributed by atoms with E-state index in [4.69, 9.17) is 0 Å². The molecule has 22 heavy (non-hydrogen) atoms. The Morgan fingerprint density at radius 1 is 0.773 bits per heavy atom. The zero-order valence-electron chi connectivity index (χ0n) is 12.1. The SMILES string of the molecule is Fc1cc(CNNc2ccccc2)ccc1-c1ccccc1. The summed E-state index contributed by atoms with van der Waals surface area (Å²) in [6, 6.07) is 24.7. The van der Waals surface area contributed by atoms with Gasteiger partial charge in [0.1, 0.15) is 5.82 Å². The van der Waals surface area contributed by atoms with Gasteiger partial charge in [-0.15, -0.1) is 0 Å². The van der Waals surface area contributed by atoms with Crippen LogP contribution in [-0.4, -0.2) is 0 Å². The molecule has 110 valence electrons. The molecule has 3 aromatic carbocycles. The van der Waals surface area contributed by atoms with E-state index in [0.29, 0.717) is 12.1 Å². The van der Waals surface area contributed by atoms with Crippen LogP contribution in [0, 0.1) is 5.82 Å². The number of nitrogens with one attached hydrogen (secondary N) is 2. The maximum absolute atomic E-state index is 14.2. The lowest BCUT2D eigenvalue weighted by atomic mass is 10.0. The second-order valence-corrected chi connectivity index (χ2v) is 5.02. The summed E-state index contributed by atoms with van der Waals surface area (Å²) in [5.41, 5.74) is 9.56. The van der Waals surface area contributed by atoms with Gasteiger partial charge >= 0.3 is 0 Å². The minimum Gasteiger partial charge on any atom is -0.321 e. The molecule has 2 nitrogen and oxygen atoms in total. The third-order valence-electron chi connectivity index (χ3n) is 3.42. The summed E-state index contributed by atoms with van der Waals surface area (Å²) < 4.78 is 14.2. The molecule has 0 saturated heterocycles. The zero-order valence-corrected chi connectivity index (χ0v) is 12.1. The van der Waals surface area contributed by atoms with E-state index in [2.05, 4.69) is 10.9 Å². The fourth-order valence-electron chi connectivity index (χ4n) is 2.29. The Kier molecular flexibility index (Phi) is 4.47. The van der Waals surface area contributed by atoms with E-state index >= 15 is 0 Å². The predicted octanol–water partition coefficient (Wildman–Crippen LogP) is 4.61. The van der Waals surface area contributed by atoms with Gasteiger partial charge in [0.15, 0.2) is 0 Å². The number of halogens is 1. The standard InChI is InChI=1S/C19H17FN2/c20-19-13-15(14-21-22-17-9-5-2-6-10-17)11-12-18(19)16-7-3-1-4-8-16/h1-13,21-22H,14H2. The Bertz CT molecular complexity index is 727. The summed E-state index contributed by atoms with van der Waals surface area (Å²) in [6.07, 6.45) is 0. The van der Waals surface area contributed by atoms with Crippen LogP contribution in [0.5, 0.6) is 0 Å². The predicted molar refractivity (Wildman–Crippen MR) is 88.7 cm³/mol. The monoisotopic (exact) mass is 292 g/mol. The Balaban J connectivity index is 1.65. The lowest BCUT2D eigenvalue weighted by molar-refractivity contribution is 0.627. The van der Waals surface area contributed by atoms with Crippen LogP contribution in [0.15, 0.2) is 78.9 Å². The van der Waals surface area contributed by atoms with Crippen LogP contribution in [0.2, 0.25) is 0 Å². The lowest BCUT2D eigenvalue weighted by Gasteiger charge is -2.10. The van der Waals surface area contributed by atoms with Crippen LogP contribution in [0.25, 0.3) is 11.1 Å². The molecule has 0 unspecified atom stereocenters. The molecule has 3 rings (SSSR count). The first-order valence-electron chi connectivity index (χ1n) is 7.21. The highest BCUT2D eigenvalue weighted by molar-refractivity contribution is 5.64. The van der Waals surface area contributed by atoms with E-state index in [9.17, 15) is 4.39 Å². The molecule has 0 aromatic heterocycles. The van der Waals surface area contributed by atoms with Crippen LogP contribution in [-0.2, 0) is 6.54 Å². The average molecular weight is 292 g/mol. The Hall–Kier alpha value is -2.65. The first-order valence-corrected chi connectivity index (χ1v) is 7.21. The third-order valence-corrected chi connectivity index (χ3v) is 3.42. The normalized spacial score (nSPS) is 10.4. The van der Waals surface area contributed by atoms with Crippen molar-refractivity contribution >= 4 is 5.69 Å². The fraction of sp³-hybridized carbons (Fsp3) is 0.0526. The largest absolute Gasteiger partial charge is 0.321 e. The molecule has 2 N–H and O–H groups in total. The molecular weight excluding hydrogens is 275 g/mol. The van der Waals surface area contributed by atoms with Crippen molar-refractivity contribution in [1.29, 1.82) is 0 Å². The number of para-hydroxylation sites is 1. The van der Waals surface area contributed by atoms with Crippen molar-refractivity contribution < 1.29 is 4.39 Å². The summed E-state index contributed by atoms with van der Waals surface area (Å²) in [7, 11) is 0. The summed E-state index contributed by atoms with van der Waals surface area (Å²) >= 11 is 0. The Morgan fingerprint density at radius 3 is 2.14 bits per heavy atom. The molecule has 0 aliphatic carbocycles. The number of hydrogen-bond donors (Lipinski definition) is 2. The minimum absolute atomic E-state index is 0.204. The van der Waals surface area contributed by atoms with Crippen molar-refractivity contribution in [3.63, 3.8) is 0 Å². The molecule has 0 aliphatic rings. The van der Waals surface area contributed by atoms with E-state index in [-0.39, 0.29) is 5.82 Å². The first-order chi connectivity index (χ1) is 10.8. The first kappa shape index (κ1) is 14.3. The maximum Gasteiger partial charge on any atom is 0.131 e. The van der Waals surface area contributed by atoms with Crippen molar-refractivity contribution in [2.75, 3.05) is 5.43 Å². The molecule has 0 radical (unpaired) electrons. The van der Waals surface area contributed by atoms with Crippen LogP contribution in [0.4, 0.5) is 10.1 Å². The topological polar surface area (TPSA) is 24.1 Å². The molecule has 0 saturated carbocycles. The van der Waals surface area contributed by atoms with E-state index in [0.717, 1.165) is 16.8 Å². The summed E-state index contributed by atoms with van der Waals surface area (Å²) in [4.78, 5) is 0. The van der Waals surface area contributed by atoms with E-state index in [1.165, 1.54) is 0 Å². The van der Waals surface area contributed by atoms with Gasteiger partial charge in [0.05, 0.1) is 0 Å².